The van der Waals surface area contributed by atoms with E-state index >= 15 is 0 Å². The Balaban J connectivity index is 2.51. The van der Waals surface area contributed by atoms with Gasteiger partial charge in [0.1, 0.15) is 0 Å². The van der Waals surface area contributed by atoms with Crippen LogP contribution in [0.1, 0.15) is 26.7 Å². The number of hydrogen-bond donors (Lipinski definition) is 1. The summed E-state index contributed by atoms with van der Waals surface area (Å²) in [5.74, 6) is 2.80. The van der Waals surface area contributed by atoms with Crippen molar-refractivity contribution in [2.75, 3.05) is 13.1 Å². The van der Waals surface area contributed by atoms with Gasteiger partial charge in [-0.2, -0.15) is 0 Å². The molecule has 2 atom stereocenters. The first kappa shape index (κ1) is 11.1. The molecule has 1 N–H and O–H groups in total. The van der Waals surface area contributed by atoms with Crippen molar-refractivity contribution in [3.63, 3.8) is 0 Å². The molecule has 0 aromatic rings. The van der Waals surface area contributed by atoms with E-state index in [-0.39, 0.29) is 18.0 Å². The summed E-state index contributed by atoms with van der Waals surface area (Å²) >= 11 is 0. The van der Waals surface area contributed by atoms with Gasteiger partial charge in [-0.15, -0.1) is 12.3 Å². The van der Waals surface area contributed by atoms with Crippen molar-refractivity contribution in [2.24, 2.45) is 0 Å². The molecule has 14 heavy (non-hydrogen) atoms. The largest absolute Gasteiger partial charge is 0.338 e. The Hall–Kier alpha value is -1.01. The molecule has 1 amide bonds. The summed E-state index contributed by atoms with van der Waals surface area (Å²) in [7, 11) is 0. The number of carbonyl (C=O) groups is 1. The van der Waals surface area contributed by atoms with Crippen LogP contribution >= 0.6 is 0 Å². The molecule has 0 aromatic carbocycles. The fourth-order valence-electron chi connectivity index (χ4n) is 1.86. The average Bonchev–Trinajstić information content (AvgIpc) is 2.49. The molecular weight excluding hydrogens is 176 g/mol. The highest BCUT2D eigenvalue weighted by Gasteiger charge is 2.33. The highest BCUT2D eigenvalue weighted by atomic mass is 16.2. The minimum atomic E-state index is 0.0141. The number of terminal acetylenes is 1. The molecule has 0 spiro atoms. The van der Waals surface area contributed by atoms with E-state index in [0.717, 1.165) is 19.5 Å². The summed E-state index contributed by atoms with van der Waals surface area (Å²) in [5, 5.41) is 3.18. The summed E-state index contributed by atoms with van der Waals surface area (Å²) < 4.78 is 0. The molecule has 3 nitrogen and oxygen atoms in total. The first-order chi connectivity index (χ1) is 6.70. The standard InChI is InChI=1S/C11H18N2O/c1-4-6-9(3)13-8-7-10(11(13)14)12-5-2/h1,9-10,12H,5-8H2,2-3H3. The molecule has 3 heteroatoms. The first-order valence-electron chi connectivity index (χ1n) is 5.18. The molecular formula is C11H18N2O. The van der Waals surface area contributed by atoms with Crippen molar-refractivity contribution in [3.05, 3.63) is 0 Å². The molecule has 2 unspecified atom stereocenters. The molecule has 1 rings (SSSR count). The number of amides is 1. The van der Waals surface area contributed by atoms with E-state index in [1.165, 1.54) is 0 Å². The lowest BCUT2D eigenvalue weighted by molar-refractivity contribution is -0.131. The molecule has 78 valence electrons. The zero-order valence-electron chi connectivity index (χ0n) is 8.92. The Labute approximate surface area is 85.9 Å². The van der Waals surface area contributed by atoms with Crippen LogP contribution in [0, 0.1) is 12.3 Å². The Bertz CT molecular complexity index is 244. The van der Waals surface area contributed by atoms with Gasteiger partial charge in [0.2, 0.25) is 5.91 Å². The van der Waals surface area contributed by atoms with Gasteiger partial charge in [-0.05, 0) is 19.9 Å². The van der Waals surface area contributed by atoms with E-state index in [0.29, 0.717) is 6.42 Å². The third kappa shape index (κ3) is 2.27. The van der Waals surface area contributed by atoms with Crippen LogP contribution in [0.5, 0.6) is 0 Å². The fraction of sp³-hybridized carbons (Fsp3) is 0.727. The van der Waals surface area contributed by atoms with Crippen LogP contribution in [-0.4, -0.2) is 36.0 Å². The predicted molar refractivity (Wildman–Crippen MR) is 56.7 cm³/mol. The van der Waals surface area contributed by atoms with Gasteiger partial charge >= 0.3 is 0 Å². The molecule has 1 saturated heterocycles. The van der Waals surface area contributed by atoms with Crippen LogP contribution in [0.3, 0.4) is 0 Å². The van der Waals surface area contributed by atoms with Crippen molar-refractivity contribution in [1.29, 1.82) is 0 Å². The quantitative estimate of drug-likeness (QED) is 0.665. The maximum Gasteiger partial charge on any atom is 0.240 e. The van der Waals surface area contributed by atoms with Crippen molar-refractivity contribution >= 4 is 5.91 Å². The van der Waals surface area contributed by atoms with E-state index in [2.05, 4.69) is 11.2 Å². The summed E-state index contributed by atoms with van der Waals surface area (Å²) in [6.07, 6.45) is 6.78. The van der Waals surface area contributed by atoms with Crippen molar-refractivity contribution in [1.82, 2.24) is 10.2 Å². The molecule has 1 aliphatic rings. The number of carbonyl (C=O) groups excluding carboxylic acids is 1. The van der Waals surface area contributed by atoms with E-state index in [1.807, 2.05) is 18.7 Å². The molecule has 0 bridgehead atoms. The Kier molecular flexibility index (Phi) is 3.97. The SMILES string of the molecule is C#CCC(C)N1CCC(NCC)C1=O. The summed E-state index contributed by atoms with van der Waals surface area (Å²) in [5.41, 5.74) is 0. The fourth-order valence-corrected chi connectivity index (χ4v) is 1.86. The molecule has 0 radical (unpaired) electrons. The van der Waals surface area contributed by atoms with Gasteiger partial charge in [-0.1, -0.05) is 6.92 Å². The van der Waals surface area contributed by atoms with Crippen molar-refractivity contribution in [2.45, 2.75) is 38.8 Å². The molecule has 0 saturated carbocycles. The van der Waals surface area contributed by atoms with Crippen LogP contribution in [0.2, 0.25) is 0 Å². The maximum absolute atomic E-state index is 11.8. The van der Waals surface area contributed by atoms with E-state index in [4.69, 9.17) is 6.42 Å². The Morgan fingerprint density at radius 3 is 3.07 bits per heavy atom. The number of hydrogen-bond acceptors (Lipinski definition) is 2. The van der Waals surface area contributed by atoms with Crippen LogP contribution in [-0.2, 0) is 4.79 Å². The topological polar surface area (TPSA) is 32.3 Å². The third-order valence-electron chi connectivity index (χ3n) is 2.64. The van der Waals surface area contributed by atoms with E-state index in [9.17, 15) is 4.79 Å². The Morgan fingerprint density at radius 2 is 2.50 bits per heavy atom. The number of likely N-dealkylation sites (tertiary alicyclic amines) is 1. The van der Waals surface area contributed by atoms with Gasteiger partial charge in [0.25, 0.3) is 0 Å². The zero-order chi connectivity index (χ0) is 10.6. The smallest absolute Gasteiger partial charge is 0.240 e. The van der Waals surface area contributed by atoms with Gasteiger partial charge in [-0.25, -0.2) is 0 Å². The minimum absolute atomic E-state index is 0.0141. The summed E-state index contributed by atoms with van der Waals surface area (Å²) in [4.78, 5) is 13.7. The van der Waals surface area contributed by atoms with Crippen molar-refractivity contribution < 1.29 is 4.79 Å². The average molecular weight is 194 g/mol. The number of likely N-dealkylation sites (N-methyl/N-ethyl adjacent to an activating group) is 1. The van der Waals surface area contributed by atoms with Gasteiger partial charge in [0, 0.05) is 19.0 Å². The van der Waals surface area contributed by atoms with E-state index in [1.54, 1.807) is 0 Å². The molecule has 0 aromatic heterocycles. The number of nitrogens with zero attached hydrogens (tertiary/aromatic N) is 1. The highest BCUT2D eigenvalue weighted by molar-refractivity contribution is 5.84. The first-order valence-corrected chi connectivity index (χ1v) is 5.18. The van der Waals surface area contributed by atoms with Crippen LogP contribution in [0.15, 0.2) is 0 Å². The lowest BCUT2D eigenvalue weighted by Gasteiger charge is -2.23. The second-order valence-corrected chi connectivity index (χ2v) is 3.69. The molecule has 0 aliphatic carbocycles. The zero-order valence-corrected chi connectivity index (χ0v) is 8.92. The number of rotatable bonds is 4. The van der Waals surface area contributed by atoms with Crippen LogP contribution in [0.4, 0.5) is 0 Å². The molecule has 1 aliphatic heterocycles. The lowest BCUT2D eigenvalue weighted by atomic mass is 10.2. The summed E-state index contributed by atoms with van der Waals surface area (Å²) in [6, 6.07) is 0.191. The molecule has 1 heterocycles. The van der Waals surface area contributed by atoms with Gasteiger partial charge in [-0.3, -0.25) is 4.79 Å². The van der Waals surface area contributed by atoms with E-state index < -0.39 is 0 Å². The second-order valence-electron chi connectivity index (χ2n) is 3.69. The normalized spacial score (nSPS) is 23.6. The van der Waals surface area contributed by atoms with Gasteiger partial charge < -0.3 is 10.2 Å². The van der Waals surface area contributed by atoms with Gasteiger partial charge in [0.15, 0.2) is 0 Å². The number of nitrogens with one attached hydrogen (secondary N) is 1. The lowest BCUT2D eigenvalue weighted by Crippen LogP contribution is -2.41. The van der Waals surface area contributed by atoms with Crippen LogP contribution in [0.25, 0.3) is 0 Å². The Morgan fingerprint density at radius 1 is 1.79 bits per heavy atom. The minimum Gasteiger partial charge on any atom is -0.338 e. The van der Waals surface area contributed by atoms with Gasteiger partial charge in [0.05, 0.1) is 6.04 Å². The second kappa shape index (κ2) is 5.02. The monoisotopic (exact) mass is 194 g/mol. The predicted octanol–water partition coefficient (Wildman–Crippen LogP) is 0.609. The third-order valence-corrected chi connectivity index (χ3v) is 2.64. The molecule has 1 fully saturated rings. The van der Waals surface area contributed by atoms with Crippen molar-refractivity contribution in [3.8, 4) is 12.3 Å². The highest BCUT2D eigenvalue weighted by Crippen LogP contribution is 2.15. The summed E-state index contributed by atoms with van der Waals surface area (Å²) in [6.45, 7) is 5.69. The van der Waals surface area contributed by atoms with Crippen LogP contribution < -0.4 is 5.32 Å². The maximum atomic E-state index is 11.8.